The van der Waals surface area contributed by atoms with Gasteiger partial charge in [0.25, 0.3) is 5.69 Å². The van der Waals surface area contributed by atoms with E-state index in [9.17, 15) is 20.2 Å². The summed E-state index contributed by atoms with van der Waals surface area (Å²) in [5, 5.41) is 26.1. The number of carbonyl (C=O) groups is 1. The van der Waals surface area contributed by atoms with Gasteiger partial charge in [0.1, 0.15) is 11.1 Å². The third kappa shape index (κ3) is 6.32. The number of anilines is 1. The fraction of sp³-hybridized carbons (Fsp3) is 0.0968. The first-order valence-electron chi connectivity index (χ1n) is 12.6. The number of nitriles is 1. The lowest BCUT2D eigenvalue weighted by Crippen LogP contribution is -2.22. The van der Waals surface area contributed by atoms with Crippen LogP contribution >= 0.6 is 23.1 Å². The molecule has 0 saturated carbocycles. The number of benzene rings is 3. The van der Waals surface area contributed by atoms with Crippen LogP contribution < -0.4 is 5.32 Å². The van der Waals surface area contributed by atoms with Crippen molar-refractivity contribution in [2.24, 2.45) is 0 Å². The normalized spacial score (nSPS) is 11.4. The van der Waals surface area contributed by atoms with Crippen LogP contribution in [0.25, 0.3) is 33.6 Å². The number of nitro benzene ring substituents is 1. The molecule has 202 valence electrons. The number of nitrogens with one attached hydrogen (secondary N) is 1. The highest BCUT2D eigenvalue weighted by Gasteiger charge is 2.22. The van der Waals surface area contributed by atoms with Crippen molar-refractivity contribution in [3.63, 3.8) is 0 Å². The Morgan fingerprint density at radius 2 is 1.71 bits per heavy atom. The Morgan fingerprint density at radius 3 is 2.41 bits per heavy atom. The summed E-state index contributed by atoms with van der Waals surface area (Å²) in [5.41, 5.74) is 5.84. The van der Waals surface area contributed by atoms with Crippen molar-refractivity contribution in [3.05, 3.63) is 112 Å². The Balaban J connectivity index is 1.42. The van der Waals surface area contributed by atoms with Crippen molar-refractivity contribution in [3.8, 4) is 39.7 Å². The molecule has 1 atom stereocenters. The van der Waals surface area contributed by atoms with E-state index < -0.39 is 10.2 Å². The van der Waals surface area contributed by atoms with Crippen molar-refractivity contribution < 1.29 is 9.72 Å². The summed E-state index contributed by atoms with van der Waals surface area (Å²) in [6.07, 6.45) is 0. The fourth-order valence-corrected chi connectivity index (χ4v) is 5.75. The summed E-state index contributed by atoms with van der Waals surface area (Å²) < 4.78 is 0. The predicted molar refractivity (Wildman–Crippen MR) is 163 cm³/mol. The average molecular weight is 578 g/mol. The number of pyridine rings is 1. The van der Waals surface area contributed by atoms with Gasteiger partial charge in [0.2, 0.25) is 5.91 Å². The lowest BCUT2D eigenvalue weighted by Gasteiger charge is -2.15. The standard InChI is InChI=1S/C31H23N5O3S2/c1-19-11-13-21(14-12-19)25-16-27(22-7-4-3-5-8-22)33-30(26(25)17-32)41-20(2)29(37)35-31-34-28(18-40-31)23-9-6-10-24(15-23)36(38)39/h3-16,18,20H,1-2H3,(H,34,35,37). The summed E-state index contributed by atoms with van der Waals surface area (Å²) in [6.45, 7) is 3.76. The molecule has 8 nitrogen and oxygen atoms in total. The highest BCUT2D eigenvalue weighted by Crippen LogP contribution is 2.36. The monoisotopic (exact) mass is 577 g/mol. The van der Waals surface area contributed by atoms with Gasteiger partial charge in [0.05, 0.1) is 27.1 Å². The lowest BCUT2D eigenvalue weighted by molar-refractivity contribution is -0.384. The predicted octanol–water partition coefficient (Wildman–Crippen LogP) is 7.75. The first-order valence-corrected chi connectivity index (χ1v) is 14.3. The summed E-state index contributed by atoms with van der Waals surface area (Å²) in [7, 11) is 0. The molecular weight excluding hydrogens is 555 g/mol. The zero-order valence-corrected chi connectivity index (χ0v) is 23.7. The van der Waals surface area contributed by atoms with Crippen LogP contribution in [0, 0.1) is 28.4 Å². The molecule has 0 aliphatic carbocycles. The van der Waals surface area contributed by atoms with Gasteiger partial charge in [-0.15, -0.1) is 11.3 Å². The van der Waals surface area contributed by atoms with Gasteiger partial charge in [0.15, 0.2) is 5.13 Å². The van der Waals surface area contributed by atoms with Gasteiger partial charge in [-0.1, -0.05) is 84.1 Å². The molecule has 2 heterocycles. The number of aromatic nitrogens is 2. The van der Waals surface area contributed by atoms with Crippen LogP contribution in [0.2, 0.25) is 0 Å². The summed E-state index contributed by atoms with van der Waals surface area (Å²) in [5.74, 6) is -0.303. The van der Waals surface area contributed by atoms with Crippen LogP contribution in [0.1, 0.15) is 18.1 Å². The SMILES string of the molecule is Cc1ccc(-c2cc(-c3ccccc3)nc(SC(C)C(=O)Nc3nc(-c4cccc([N+](=O)[O-])c4)cs3)c2C#N)cc1. The van der Waals surface area contributed by atoms with Crippen molar-refractivity contribution in [1.29, 1.82) is 5.26 Å². The molecular formula is C31H23N5O3S2. The molecule has 2 aromatic heterocycles. The van der Waals surface area contributed by atoms with Gasteiger partial charge in [0, 0.05) is 34.2 Å². The highest BCUT2D eigenvalue weighted by molar-refractivity contribution is 8.00. The Kier molecular flexibility index (Phi) is 8.19. The topological polar surface area (TPSA) is 122 Å². The maximum Gasteiger partial charge on any atom is 0.270 e. The first-order chi connectivity index (χ1) is 19.8. The van der Waals surface area contributed by atoms with E-state index >= 15 is 0 Å². The maximum atomic E-state index is 13.2. The zero-order chi connectivity index (χ0) is 28.9. The third-order valence-corrected chi connectivity index (χ3v) is 8.12. The van der Waals surface area contributed by atoms with Crippen molar-refractivity contribution in [2.75, 3.05) is 5.32 Å². The fourth-order valence-electron chi connectivity index (χ4n) is 4.10. The van der Waals surface area contributed by atoms with Gasteiger partial charge in [-0.05, 0) is 25.5 Å². The lowest BCUT2D eigenvalue weighted by atomic mass is 9.98. The molecule has 5 aromatic rings. The minimum atomic E-state index is -0.600. The Hall–Kier alpha value is -4.85. The second-order valence-corrected chi connectivity index (χ2v) is 11.4. The average Bonchev–Trinajstić information content (AvgIpc) is 3.46. The number of rotatable bonds is 8. The number of hydrogen-bond acceptors (Lipinski definition) is 8. The molecule has 0 radical (unpaired) electrons. The second-order valence-electron chi connectivity index (χ2n) is 9.17. The molecule has 41 heavy (non-hydrogen) atoms. The van der Waals surface area contributed by atoms with E-state index in [4.69, 9.17) is 4.98 Å². The molecule has 0 aliphatic rings. The number of amides is 1. The number of non-ortho nitro benzene ring substituents is 1. The molecule has 0 saturated heterocycles. The molecule has 5 rings (SSSR count). The number of hydrogen-bond donors (Lipinski definition) is 1. The van der Waals surface area contributed by atoms with Crippen molar-refractivity contribution in [2.45, 2.75) is 24.1 Å². The second kappa shape index (κ2) is 12.1. The van der Waals surface area contributed by atoms with Crippen molar-refractivity contribution >= 4 is 39.8 Å². The van der Waals surface area contributed by atoms with Crippen LogP contribution in [-0.4, -0.2) is 26.0 Å². The maximum absolute atomic E-state index is 13.2. The van der Waals surface area contributed by atoms with Gasteiger partial charge < -0.3 is 5.32 Å². The molecule has 10 heteroatoms. The van der Waals surface area contributed by atoms with E-state index in [-0.39, 0.29) is 11.6 Å². The van der Waals surface area contributed by atoms with Gasteiger partial charge in [-0.25, -0.2) is 9.97 Å². The van der Waals surface area contributed by atoms with Crippen LogP contribution in [0.3, 0.4) is 0 Å². The molecule has 0 aliphatic heterocycles. The van der Waals surface area contributed by atoms with Gasteiger partial charge in [-0.2, -0.15) is 5.26 Å². The molecule has 0 fully saturated rings. The van der Waals surface area contributed by atoms with E-state index in [1.807, 2.05) is 67.6 Å². The number of carbonyl (C=O) groups excluding carboxylic acids is 1. The molecule has 1 N–H and O–H groups in total. The van der Waals surface area contributed by atoms with Gasteiger partial charge >= 0.3 is 0 Å². The Morgan fingerprint density at radius 1 is 0.976 bits per heavy atom. The van der Waals surface area contributed by atoms with Crippen LogP contribution in [0.15, 0.2) is 95.3 Å². The number of nitrogens with zero attached hydrogens (tertiary/aromatic N) is 4. The smallest absolute Gasteiger partial charge is 0.270 e. The number of nitro groups is 1. The molecule has 0 bridgehead atoms. The number of thioether (sulfide) groups is 1. The first kappa shape index (κ1) is 27.7. The van der Waals surface area contributed by atoms with Gasteiger partial charge in [-0.3, -0.25) is 14.9 Å². The highest BCUT2D eigenvalue weighted by atomic mass is 32.2. The number of aryl methyl sites for hydroxylation is 1. The molecule has 0 spiro atoms. The van der Waals surface area contributed by atoms with Crippen molar-refractivity contribution in [1.82, 2.24) is 9.97 Å². The quantitative estimate of drug-likeness (QED) is 0.114. The zero-order valence-electron chi connectivity index (χ0n) is 22.1. The summed E-state index contributed by atoms with van der Waals surface area (Å²) >= 11 is 2.44. The number of thiazole rings is 1. The van der Waals surface area contributed by atoms with E-state index in [0.717, 1.165) is 22.3 Å². The van der Waals surface area contributed by atoms with Crippen LogP contribution in [-0.2, 0) is 4.79 Å². The molecule has 3 aromatic carbocycles. The van der Waals surface area contributed by atoms with Crippen LogP contribution in [0.4, 0.5) is 10.8 Å². The van der Waals surface area contributed by atoms with E-state index in [1.54, 1.807) is 24.4 Å². The summed E-state index contributed by atoms with van der Waals surface area (Å²) in [6, 6.07) is 28.1. The van der Waals surface area contributed by atoms with E-state index in [1.165, 1.54) is 35.2 Å². The Bertz CT molecular complexity index is 1780. The van der Waals surface area contributed by atoms with E-state index in [2.05, 4.69) is 16.4 Å². The summed E-state index contributed by atoms with van der Waals surface area (Å²) in [4.78, 5) is 33.1. The van der Waals surface area contributed by atoms with E-state index in [0.29, 0.717) is 32.7 Å². The minimum absolute atomic E-state index is 0.0327. The third-order valence-electron chi connectivity index (χ3n) is 6.27. The van der Waals surface area contributed by atoms with Crippen LogP contribution in [0.5, 0.6) is 0 Å². The largest absolute Gasteiger partial charge is 0.301 e. The minimum Gasteiger partial charge on any atom is -0.301 e. The molecule has 1 amide bonds. The Labute approximate surface area is 244 Å². The molecule has 1 unspecified atom stereocenters.